The van der Waals surface area contributed by atoms with Crippen LogP contribution in [0.2, 0.25) is 0 Å². The molecule has 5 heteroatoms. The summed E-state index contributed by atoms with van der Waals surface area (Å²) < 4.78 is 1.59. The van der Waals surface area contributed by atoms with E-state index in [2.05, 4.69) is 49.3 Å². The molecule has 0 amide bonds. The summed E-state index contributed by atoms with van der Waals surface area (Å²) in [5.74, 6) is 0. The summed E-state index contributed by atoms with van der Waals surface area (Å²) in [5.41, 5.74) is 9.59. The molecule has 1 heterocycles. The van der Waals surface area contributed by atoms with Crippen molar-refractivity contribution < 1.29 is 0 Å². The van der Waals surface area contributed by atoms with Gasteiger partial charge in [-0.3, -0.25) is 0 Å². The number of aromatic nitrogens is 3. The Morgan fingerprint density at radius 1 is 1.25 bits per heavy atom. The first-order valence-electron chi connectivity index (χ1n) is 6.57. The van der Waals surface area contributed by atoms with Crippen LogP contribution in [0.15, 0.2) is 24.3 Å². The van der Waals surface area contributed by atoms with Crippen LogP contribution in [0.1, 0.15) is 32.0 Å². The van der Waals surface area contributed by atoms with Crippen LogP contribution in [0.4, 0.5) is 0 Å². The summed E-state index contributed by atoms with van der Waals surface area (Å²) >= 11 is 0. The van der Waals surface area contributed by atoms with Gasteiger partial charge in [0, 0.05) is 12.1 Å². The van der Waals surface area contributed by atoms with Crippen LogP contribution in [0, 0.1) is 11.3 Å². The van der Waals surface area contributed by atoms with Crippen LogP contribution in [-0.4, -0.2) is 15.0 Å². The van der Waals surface area contributed by atoms with Gasteiger partial charge < -0.3 is 5.73 Å². The van der Waals surface area contributed by atoms with Crippen molar-refractivity contribution in [2.24, 2.45) is 5.73 Å². The summed E-state index contributed by atoms with van der Waals surface area (Å²) in [6, 6.07) is 10.3. The topological polar surface area (TPSA) is 80.5 Å². The lowest BCUT2D eigenvalue weighted by atomic mass is 9.86. The predicted molar refractivity (Wildman–Crippen MR) is 77.7 cm³/mol. The van der Waals surface area contributed by atoms with Crippen molar-refractivity contribution in [3.05, 3.63) is 35.5 Å². The Bertz CT molecular complexity index is 626. The molecule has 0 aliphatic rings. The molecule has 0 saturated heterocycles. The molecule has 2 N–H and O–H groups in total. The monoisotopic (exact) mass is 269 g/mol. The number of hydrogen-bond donors (Lipinski definition) is 1. The average Bonchev–Trinajstić information content (AvgIpc) is 2.81. The lowest BCUT2D eigenvalue weighted by molar-refractivity contribution is 0.590. The third kappa shape index (κ3) is 2.70. The number of nitriles is 1. The minimum Gasteiger partial charge on any atom is -0.325 e. The molecule has 0 fully saturated rings. The van der Waals surface area contributed by atoms with Crippen LogP contribution in [0.25, 0.3) is 11.3 Å². The lowest BCUT2D eigenvalue weighted by Gasteiger charge is -2.19. The highest BCUT2D eigenvalue weighted by Gasteiger charge is 2.16. The quantitative estimate of drug-likeness (QED) is 0.926. The SMILES string of the molecule is CC(C)(C)c1ccc(-c2c(CN)nnn2CC#N)cc1. The van der Waals surface area contributed by atoms with Crippen molar-refractivity contribution in [2.75, 3.05) is 0 Å². The molecule has 0 aliphatic carbocycles. The predicted octanol–water partition coefficient (Wildman–Crippen LogP) is 2.22. The second-order valence-electron chi connectivity index (χ2n) is 5.73. The zero-order chi connectivity index (χ0) is 14.8. The van der Waals surface area contributed by atoms with Crippen LogP contribution in [-0.2, 0) is 18.5 Å². The average molecular weight is 269 g/mol. The Hall–Kier alpha value is -2.19. The zero-order valence-electron chi connectivity index (χ0n) is 12.1. The summed E-state index contributed by atoms with van der Waals surface area (Å²) in [6.45, 7) is 7.00. The van der Waals surface area contributed by atoms with Gasteiger partial charge in [-0.05, 0) is 11.0 Å². The second kappa shape index (κ2) is 5.43. The Morgan fingerprint density at radius 3 is 2.40 bits per heavy atom. The zero-order valence-corrected chi connectivity index (χ0v) is 12.1. The van der Waals surface area contributed by atoms with E-state index in [1.54, 1.807) is 4.68 Å². The van der Waals surface area contributed by atoms with E-state index in [4.69, 9.17) is 11.0 Å². The smallest absolute Gasteiger partial charge is 0.130 e. The van der Waals surface area contributed by atoms with Crippen molar-refractivity contribution in [1.82, 2.24) is 15.0 Å². The van der Waals surface area contributed by atoms with Gasteiger partial charge in [0.2, 0.25) is 0 Å². The van der Waals surface area contributed by atoms with Gasteiger partial charge in [0.15, 0.2) is 0 Å². The first kappa shape index (κ1) is 14.2. The van der Waals surface area contributed by atoms with Gasteiger partial charge in [-0.25, -0.2) is 4.68 Å². The van der Waals surface area contributed by atoms with Crippen LogP contribution in [0.3, 0.4) is 0 Å². The van der Waals surface area contributed by atoms with E-state index in [-0.39, 0.29) is 12.0 Å². The van der Waals surface area contributed by atoms with Gasteiger partial charge >= 0.3 is 0 Å². The third-order valence-corrected chi connectivity index (χ3v) is 3.24. The van der Waals surface area contributed by atoms with E-state index >= 15 is 0 Å². The molecular weight excluding hydrogens is 250 g/mol. The van der Waals surface area contributed by atoms with Gasteiger partial charge in [-0.2, -0.15) is 5.26 Å². The first-order chi connectivity index (χ1) is 9.47. The fraction of sp³-hybridized carbons (Fsp3) is 0.400. The molecule has 2 aromatic rings. The maximum absolute atomic E-state index is 8.85. The van der Waals surface area contributed by atoms with Crippen molar-refractivity contribution in [3.63, 3.8) is 0 Å². The highest BCUT2D eigenvalue weighted by atomic mass is 15.4. The van der Waals surface area contributed by atoms with Crippen molar-refractivity contribution >= 4 is 0 Å². The summed E-state index contributed by atoms with van der Waals surface area (Å²) in [6.07, 6.45) is 0. The molecule has 5 nitrogen and oxygen atoms in total. The third-order valence-electron chi connectivity index (χ3n) is 3.24. The van der Waals surface area contributed by atoms with E-state index in [0.29, 0.717) is 12.2 Å². The van der Waals surface area contributed by atoms with Crippen LogP contribution < -0.4 is 5.73 Å². The second-order valence-corrected chi connectivity index (χ2v) is 5.73. The molecule has 0 atom stereocenters. The molecule has 0 bridgehead atoms. The summed E-state index contributed by atoms with van der Waals surface area (Å²) in [4.78, 5) is 0. The number of benzene rings is 1. The molecule has 0 saturated carbocycles. The molecule has 1 aromatic heterocycles. The number of nitrogens with zero attached hydrogens (tertiary/aromatic N) is 4. The largest absolute Gasteiger partial charge is 0.325 e. The highest BCUT2D eigenvalue weighted by Crippen LogP contribution is 2.27. The summed E-state index contributed by atoms with van der Waals surface area (Å²) in [5, 5.41) is 16.9. The van der Waals surface area contributed by atoms with Gasteiger partial charge in [-0.1, -0.05) is 50.3 Å². The van der Waals surface area contributed by atoms with Crippen molar-refractivity contribution in [3.8, 4) is 17.3 Å². The molecular formula is C15H19N5. The first-order valence-corrected chi connectivity index (χ1v) is 6.57. The summed E-state index contributed by atoms with van der Waals surface area (Å²) in [7, 11) is 0. The number of rotatable bonds is 3. The maximum atomic E-state index is 8.85. The van der Waals surface area contributed by atoms with E-state index < -0.39 is 0 Å². The number of nitrogens with two attached hydrogens (primary N) is 1. The van der Waals surface area contributed by atoms with Gasteiger partial charge in [0.25, 0.3) is 0 Å². The van der Waals surface area contributed by atoms with Gasteiger partial charge in [-0.15, -0.1) is 5.10 Å². The van der Waals surface area contributed by atoms with Gasteiger partial charge in [0.1, 0.15) is 12.2 Å². The van der Waals surface area contributed by atoms with E-state index in [1.807, 2.05) is 12.1 Å². The molecule has 0 unspecified atom stereocenters. The fourth-order valence-electron chi connectivity index (χ4n) is 2.11. The maximum Gasteiger partial charge on any atom is 0.130 e. The molecule has 0 aliphatic heterocycles. The van der Waals surface area contributed by atoms with Crippen LogP contribution >= 0.6 is 0 Å². The Morgan fingerprint density at radius 2 is 1.90 bits per heavy atom. The van der Waals surface area contributed by atoms with E-state index in [1.165, 1.54) is 5.56 Å². The molecule has 2 rings (SSSR count). The minimum atomic E-state index is 0.111. The molecule has 0 radical (unpaired) electrons. The van der Waals surface area contributed by atoms with E-state index in [9.17, 15) is 0 Å². The highest BCUT2D eigenvalue weighted by molar-refractivity contribution is 5.62. The minimum absolute atomic E-state index is 0.111. The Kier molecular flexibility index (Phi) is 3.86. The lowest BCUT2D eigenvalue weighted by Crippen LogP contribution is -2.10. The van der Waals surface area contributed by atoms with Crippen molar-refractivity contribution in [2.45, 2.75) is 39.3 Å². The van der Waals surface area contributed by atoms with E-state index in [0.717, 1.165) is 11.3 Å². The fourth-order valence-corrected chi connectivity index (χ4v) is 2.11. The molecule has 1 aromatic carbocycles. The molecule has 104 valence electrons. The molecule has 0 spiro atoms. The molecule has 20 heavy (non-hydrogen) atoms. The Balaban J connectivity index is 2.46. The van der Waals surface area contributed by atoms with Crippen molar-refractivity contribution in [1.29, 1.82) is 5.26 Å². The van der Waals surface area contributed by atoms with Gasteiger partial charge in [0.05, 0.1) is 11.8 Å². The number of hydrogen-bond acceptors (Lipinski definition) is 4. The normalized spacial score (nSPS) is 11.3. The standard InChI is InChI=1S/C15H19N5/c1-15(2,3)12-6-4-11(5-7-12)14-13(10-17)18-19-20(14)9-8-16/h4-7H,9-10,17H2,1-3H3. The van der Waals surface area contributed by atoms with Crippen LogP contribution in [0.5, 0.6) is 0 Å². The Labute approximate surface area is 119 Å².